The number of phenolic OH excluding ortho intramolecular Hbond substituents is 1. The molecular formula is C21H21N3O3. The van der Waals surface area contributed by atoms with Crippen LogP contribution in [0.2, 0.25) is 0 Å². The van der Waals surface area contributed by atoms with Crippen molar-refractivity contribution in [3.63, 3.8) is 0 Å². The molecule has 0 bridgehead atoms. The third kappa shape index (κ3) is 3.71. The van der Waals surface area contributed by atoms with Gasteiger partial charge in [0.15, 0.2) is 0 Å². The lowest BCUT2D eigenvalue weighted by Crippen LogP contribution is -2.54. The number of aryl methyl sites for hydroxylation is 1. The van der Waals surface area contributed by atoms with Gasteiger partial charge < -0.3 is 14.7 Å². The van der Waals surface area contributed by atoms with Gasteiger partial charge in [-0.25, -0.2) is 0 Å². The molecule has 4 rings (SSSR count). The molecule has 1 aliphatic rings. The van der Waals surface area contributed by atoms with Crippen LogP contribution >= 0.6 is 0 Å². The number of amides is 1. The fraction of sp³-hybridized carbons (Fsp3) is 0.238. The summed E-state index contributed by atoms with van der Waals surface area (Å²) in [7, 11) is 0. The van der Waals surface area contributed by atoms with Crippen LogP contribution in [-0.2, 0) is 11.3 Å². The number of aromatic hydroxyl groups is 1. The summed E-state index contributed by atoms with van der Waals surface area (Å²) in [5.41, 5.74) is 4.35. The minimum atomic E-state index is -0.0803. The maximum atomic E-state index is 12.6. The van der Waals surface area contributed by atoms with E-state index in [-0.39, 0.29) is 17.8 Å². The molecular weight excluding hydrogens is 342 g/mol. The van der Waals surface area contributed by atoms with Crippen molar-refractivity contribution in [1.82, 2.24) is 15.1 Å². The monoisotopic (exact) mass is 363 g/mol. The van der Waals surface area contributed by atoms with Gasteiger partial charge in [-0.2, -0.15) is 5.10 Å². The third-order valence-electron chi connectivity index (χ3n) is 4.84. The molecule has 1 saturated heterocycles. The number of H-pyrrole nitrogens is 1. The zero-order valence-electron chi connectivity index (χ0n) is 15.1. The number of rotatable bonds is 5. The topological polar surface area (TPSA) is 78.4 Å². The number of ether oxygens (including phenoxy) is 1. The first-order valence-corrected chi connectivity index (χ1v) is 8.90. The van der Waals surface area contributed by atoms with E-state index in [0.717, 1.165) is 5.56 Å². The highest BCUT2D eigenvalue weighted by molar-refractivity contribution is 5.94. The second kappa shape index (κ2) is 7.25. The van der Waals surface area contributed by atoms with Crippen molar-refractivity contribution in [3.8, 4) is 17.0 Å². The van der Waals surface area contributed by atoms with E-state index in [1.807, 2.05) is 12.1 Å². The lowest BCUT2D eigenvalue weighted by molar-refractivity contribution is -0.0506. The van der Waals surface area contributed by atoms with Gasteiger partial charge in [-0.05, 0) is 48.4 Å². The average molecular weight is 363 g/mol. The van der Waals surface area contributed by atoms with E-state index in [9.17, 15) is 9.90 Å². The normalized spacial score (nSPS) is 14.2. The zero-order valence-corrected chi connectivity index (χ0v) is 15.1. The lowest BCUT2D eigenvalue weighted by Gasteiger charge is -2.38. The fourth-order valence-electron chi connectivity index (χ4n) is 3.07. The zero-order chi connectivity index (χ0) is 18.8. The molecule has 2 heterocycles. The Morgan fingerprint density at radius 3 is 2.70 bits per heavy atom. The Bertz CT molecular complexity index is 943. The number of phenols is 1. The lowest BCUT2D eigenvalue weighted by atomic mass is 10.1. The molecule has 0 radical (unpaired) electrons. The predicted molar refractivity (Wildman–Crippen MR) is 101 cm³/mol. The SMILES string of the molecule is Cc1ccccc1COC1CN(C(=O)c2cc(-c3ccc(O)cc3)n[nH]2)C1. The molecule has 0 unspecified atom stereocenters. The number of nitrogens with one attached hydrogen (secondary N) is 1. The van der Waals surface area contributed by atoms with E-state index in [4.69, 9.17) is 4.74 Å². The first kappa shape index (κ1) is 17.3. The number of nitrogens with zero attached hydrogens (tertiary/aromatic N) is 2. The molecule has 6 nitrogen and oxygen atoms in total. The molecule has 1 fully saturated rings. The standard InChI is InChI=1S/C21H21N3O3/c1-14-4-2-3-5-16(14)13-27-18-11-24(12-18)21(26)20-10-19(22-23-20)15-6-8-17(25)9-7-15/h2-10,18,25H,11-13H2,1H3,(H,22,23). The van der Waals surface area contributed by atoms with Crippen LogP contribution in [0.1, 0.15) is 21.6 Å². The number of hydrogen-bond acceptors (Lipinski definition) is 4. The average Bonchev–Trinajstić information content (AvgIpc) is 3.12. The molecule has 3 aromatic rings. The summed E-state index contributed by atoms with van der Waals surface area (Å²) >= 11 is 0. The molecule has 1 aliphatic heterocycles. The van der Waals surface area contributed by atoms with Crippen LogP contribution in [0.15, 0.2) is 54.6 Å². The number of likely N-dealkylation sites (tertiary alicyclic amines) is 1. The van der Waals surface area contributed by atoms with Crippen LogP contribution in [0, 0.1) is 6.92 Å². The van der Waals surface area contributed by atoms with E-state index in [1.165, 1.54) is 11.1 Å². The number of benzene rings is 2. The Labute approximate surface area is 157 Å². The van der Waals surface area contributed by atoms with Crippen molar-refractivity contribution in [2.24, 2.45) is 0 Å². The van der Waals surface area contributed by atoms with Crippen LogP contribution in [0.3, 0.4) is 0 Å². The van der Waals surface area contributed by atoms with Crippen LogP contribution in [-0.4, -0.2) is 45.3 Å². The molecule has 138 valence electrons. The molecule has 0 saturated carbocycles. The van der Waals surface area contributed by atoms with Crippen LogP contribution in [0.4, 0.5) is 0 Å². The number of aromatic amines is 1. The van der Waals surface area contributed by atoms with Crippen LogP contribution in [0.25, 0.3) is 11.3 Å². The largest absolute Gasteiger partial charge is 0.508 e. The van der Waals surface area contributed by atoms with E-state index in [1.54, 1.807) is 35.2 Å². The molecule has 1 amide bonds. The van der Waals surface area contributed by atoms with Gasteiger partial charge in [0.05, 0.1) is 18.4 Å². The van der Waals surface area contributed by atoms with E-state index in [0.29, 0.717) is 31.1 Å². The number of hydrogen-bond donors (Lipinski definition) is 2. The fourth-order valence-corrected chi connectivity index (χ4v) is 3.07. The summed E-state index contributed by atoms with van der Waals surface area (Å²) in [6.07, 6.45) is 0.0630. The molecule has 6 heteroatoms. The van der Waals surface area contributed by atoms with Gasteiger partial charge in [0.2, 0.25) is 0 Å². The van der Waals surface area contributed by atoms with Crippen LogP contribution in [0.5, 0.6) is 5.75 Å². The second-order valence-electron chi connectivity index (χ2n) is 6.78. The summed E-state index contributed by atoms with van der Waals surface area (Å²) in [6.45, 7) is 3.80. The van der Waals surface area contributed by atoms with Crippen molar-refractivity contribution in [2.45, 2.75) is 19.6 Å². The Kier molecular flexibility index (Phi) is 4.64. The summed E-state index contributed by atoms with van der Waals surface area (Å²) in [5, 5.41) is 16.4. The Morgan fingerprint density at radius 2 is 1.96 bits per heavy atom. The van der Waals surface area contributed by atoms with Gasteiger partial charge in [0, 0.05) is 18.7 Å². The summed E-state index contributed by atoms with van der Waals surface area (Å²) in [5.74, 6) is 0.117. The van der Waals surface area contributed by atoms with Crippen LogP contribution < -0.4 is 0 Å². The van der Waals surface area contributed by atoms with E-state index < -0.39 is 0 Å². The van der Waals surface area contributed by atoms with Gasteiger partial charge in [-0.1, -0.05) is 24.3 Å². The summed E-state index contributed by atoms with van der Waals surface area (Å²) < 4.78 is 5.90. The minimum absolute atomic E-state index is 0.0630. The van der Waals surface area contributed by atoms with E-state index in [2.05, 4.69) is 29.3 Å². The highest BCUT2D eigenvalue weighted by Gasteiger charge is 2.32. The van der Waals surface area contributed by atoms with Gasteiger partial charge in [0.25, 0.3) is 5.91 Å². The summed E-state index contributed by atoms with van der Waals surface area (Å²) in [6, 6.07) is 16.6. The van der Waals surface area contributed by atoms with Crippen molar-refractivity contribution < 1.29 is 14.6 Å². The van der Waals surface area contributed by atoms with E-state index >= 15 is 0 Å². The Balaban J connectivity index is 1.31. The highest BCUT2D eigenvalue weighted by atomic mass is 16.5. The molecule has 2 aromatic carbocycles. The van der Waals surface area contributed by atoms with Gasteiger partial charge in [0.1, 0.15) is 11.4 Å². The summed E-state index contributed by atoms with van der Waals surface area (Å²) in [4.78, 5) is 14.3. The number of carbonyl (C=O) groups is 1. The number of carbonyl (C=O) groups excluding carboxylic acids is 1. The highest BCUT2D eigenvalue weighted by Crippen LogP contribution is 2.23. The van der Waals surface area contributed by atoms with Gasteiger partial charge in [-0.15, -0.1) is 0 Å². The Hall–Kier alpha value is -3.12. The first-order valence-electron chi connectivity index (χ1n) is 8.90. The maximum Gasteiger partial charge on any atom is 0.272 e. The van der Waals surface area contributed by atoms with Crippen molar-refractivity contribution >= 4 is 5.91 Å². The molecule has 1 aromatic heterocycles. The Morgan fingerprint density at radius 1 is 1.22 bits per heavy atom. The molecule has 0 spiro atoms. The quantitative estimate of drug-likeness (QED) is 0.730. The molecule has 2 N–H and O–H groups in total. The minimum Gasteiger partial charge on any atom is -0.508 e. The van der Waals surface area contributed by atoms with Gasteiger partial charge >= 0.3 is 0 Å². The van der Waals surface area contributed by atoms with Crippen molar-refractivity contribution in [3.05, 3.63) is 71.4 Å². The maximum absolute atomic E-state index is 12.6. The number of aromatic nitrogens is 2. The predicted octanol–water partition coefficient (Wildman–Crippen LogP) is 3.13. The third-order valence-corrected chi connectivity index (χ3v) is 4.84. The second-order valence-corrected chi connectivity index (χ2v) is 6.78. The smallest absolute Gasteiger partial charge is 0.272 e. The van der Waals surface area contributed by atoms with Crippen molar-refractivity contribution in [1.29, 1.82) is 0 Å². The van der Waals surface area contributed by atoms with Crippen molar-refractivity contribution in [2.75, 3.05) is 13.1 Å². The molecule has 27 heavy (non-hydrogen) atoms. The molecule has 0 atom stereocenters. The molecule has 0 aliphatic carbocycles. The first-order chi connectivity index (χ1) is 13.1. The van der Waals surface area contributed by atoms with Gasteiger partial charge in [-0.3, -0.25) is 9.89 Å².